The maximum Gasteiger partial charge on any atom is 0.234 e. The third-order valence-corrected chi connectivity index (χ3v) is 6.27. The van der Waals surface area contributed by atoms with E-state index in [1.54, 1.807) is 31.6 Å². The summed E-state index contributed by atoms with van der Waals surface area (Å²) in [6.45, 7) is 4.20. The predicted molar refractivity (Wildman–Crippen MR) is 124 cm³/mol. The van der Waals surface area contributed by atoms with E-state index < -0.39 is 0 Å². The molecule has 0 saturated carbocycles. The second-order valence-electron chi connectivity index (χ2n) is 7.15. The normalized spacial score (nSPS) is 11.7. The molecular weight excluding hydrogens is 408 g/mol. The molecular formula is C24H22N4O2S. The highest BCUT2D eigenvalue weighted by Crippen LogP contribution is 2.36. The van der Waals surface area contributed by atoms with Gasteiger partial charge < -0.3 is 14.8 Å². The molecule has 31 heavy (non-hydrogen) atoms. The number of rotatable bonds is 6. The van der Waals surface area contributed by atoms with Crippen LogP contribution in [0.5, 0.6) is 11.5 Å². The van der Waals surface area contributed by atoms with Gasteiger partial charge in [-0.3, -0.25) is 0 Å². The van der Waals surface area contributed by atoms with Gasteiger partial charge in [0.25, 0.3) is 0 Å². The number of nitrogens with one attached hydrogen (secondary N) is 1. The first-order valence-corrected chi connectivity index (χ1v) is 10.7. The number of hydrogen-bond acceptors (Lipinski definition) is 7. The van der Waals surface area contributed by atoms with Gasteiger partial charge in [-0.25, -0.2) is 9.97 Å². The summed E-state index contributed by atoms with van der Waals surface area (Å²) in [5.74, 6) is 1.82. The summed E-state index contributed by atoms with van der Waals surface area (Å²) in [7, 11) is 3.16. The average Bonchev–Trinajstić information content (AvgIpc) is 3.28. The maximum absolute atomic E-state index is 9.40. The summed E-state index contributed by atoms with van der Waals surface area (Å²) in [5, 5.41) is 15.8. The highest BCUT2D eigenvalue weighted by atomic mass is 32.1. The Labute approximate surface area is 185 Å². The molecule has 4 rings (SSSR count). The first-order valence-electron chi connectivity index (χ1n) is 9.79. The van der Waals surface area contributed by atoms with E-state index in [-0.39, 0.29) is 11.9 Å². The van der Waals surface area contributed by atoms with E-state index in [2.05, 4.69) is 58.8 Å². The zero-order chi connectivity index (χ0) is 22.0. The minimum atomic E-state index is -0.0134. The molecule has 1 N–H and O–H groups in total. The second-order valence-corrected chi connectivity index (χ2v) is 8.09. The highest BCUT2D eigenvalue weighted by Gasteiger charge is 2.17. The molecule has 2 heterocycles. The number of aryl methyl sites for hydroxylation is 1. The zero-order valence-corrected chi connectivity index (χ0v) is 18.6. The minimum absolute atomic E-state index is 0.0134. The number of hydrogen-bond donors (Lipinski definition) is 1. The number of methoxy groups -OCH3 is 2. The fourth-order valence-corrected chi connectivity index (χ4v) is 4.43. The van der Waals surface area contributed by atoms with Crippen molar-refractivity contribution in [3.8, 4) is 28.7 Å². The fraction of sp³-hybridized carbons (Fsp3) is 0.208. The van der Waals surface area contributed by atoms with Crippen molar-refractivity contribution in [2.24, 2.45) is 0 Å². The number of nitrogens with zero attached hydrogens (tertiary/aromatic N) is 3. The Morgan fingerprint density at radius 1 is 1.06 bits per heavy atom. The largest absolute Gasteiger partial charge is 0.493 e. The van der Waals surface area contributed by atoms with E-state index in [0.717, 1.165) is 5.39 Å². The average molecular weight is 431 g/mol. The number of benzene rings is 2. The Bertz CT molecular complexity index is 1290. The van der Waals surface area contributed by atoms with E-state index in [0.29, 0.717) is 22.8 Å². The van der Waals surface area contributed by atoms with Gasteiger partial charge >= 0.3 is 0 Å². The van der Waals surface area contributed by atoms with Crippen molar-refractivity contribution in [1.82, 2.24) is 9.97 Å². The quantitative estimate of drug-likeness (QED) is 0.421. The highest BCUT2D eigenvalue weighted by molar-refractivity contribution is 7.10. The van der Waals surface area contributed by atoms with Crippen LogP contribution in [0.4, 0.5) is 5.82 Å². The first-order chi connectivity index (χ1) is 15.0. The molecule has 4 aromatic rings. The van der Waals surface area contributed by atoms with Gasteiger partial charge in [0.05, 0.1) is 25.8 Å². The SMILES string of the molecule is COc1cc2nc(C#N)nc(N[C@H](C)c3cc(-c4ccccc4C)cs3)c2cc1OC. The van der Waals surface area contributed by atoms with E-state index in [9.17, 15) is 5.26 Å². The lowest BCUT2D eigenvalue weighted by molar-refractivity contribution is 0.356. The van der Waals surface area contributed by atoms with E-state index in [1.807, 2.05) is 18.2 Å². The Balaban J connectivity index is 1.71. The van der Waals surface area contributed by atoms with Crippen LogP contribution >= 0.6 is 11.3 Å². The molecule has 2 aromatic heterocycles. The number of thiophene rings is 1. The van der Waals surface area contributed by atoms with Gasteiger partial charge in [-0.15, -0.1) is 11.3 Å². The van der Waals surface area contributed by atoms with Crippen LogP contribution in [0.15, 0.2) is 47.8 Å². The summed E-state index contributed by atoms with van der Waals surface area (Å²) >= 11 is 1.69. The summed E-state index contributed by atoms with van der Waals surface area (Å²) in [4.78, 5) is 9.92. The fourth-order valence-electron chi connectivity index (χ4n) is 3.51. The first kappa shape index (κ1) is 20.6. The summed E-state index contributed by atoms with van der Waals surface area (Å²) < 4.78 is 10.8. The minimum Gasteiger partial charge on any atom is -0.493 e. The molecule has 0 aliphatic carbocycles. The van der Waals surface area contributed by atoms with Crippen LogP contribution in [-0.2, 0) is 0 Å². The molecule has 0 saturated heterocycles. The zero-order valence-electron chi connectivity index (χ0n) is 17.8. The van der Waals surface area contributed by atoms with Gasteiger partial charge in [0.1, 0.15) is 11.9 Å². The Kier molecular flexibility index (Phi) is 5.74. The van der Waals surface area contributed by atoms with Gasteiger partial charge in [0.15, 0.2) is 11.5 Å². The van der Waals surface area contributed by atoms with Crippen molar-refractivity contribution in [3.05, 3.63) is 64.1 Å². The molecule has 156 valence electrons. The summed E-state index contributed by atoms with van der Waals surface area (Å²) in [6, 6.07) is 16.2. The maximum atomic E-state index is 9.40. The van der Waals surface area contributed by atoms with Crippen LogP contribution in [0, 0.1) is 18.3 Å². The lowest BCUT2D eigenvalue weighted by atomic mass is 10.0. The van der Waals surface area contributed by atoms with Crippen LogP contribution < -0.4 is 14.8 Å². The third-order valence-electron chi connectivity index (χ3n) is 5.16. The van der Waals surface area contributed by atoms with Gasteiger partial charge in [-0.05, 0) is 48.1 Å². The number of aromatic nitrogens is 2. The monoisotopic (exact) mass is 430 g/mol. The molecule has 7 heteroatoms. The molecule has 2 aromatic carbocycles. The van der Waals surface area contributed by atoms with Gasteiger partial charge in [-0.2, -0.15) is 5.26 Å². The molecule has 0 radical (unpaired) electrons. The Morgan fingerprint density at radius 2 is 1.81 bits per heavy atom. The lowest BCUT2D eigenvalue weighted by Crippen LogP contribution is -2.09. The molecule has 6 nitrogen and oxygen atoms in total. The smallest absolute Gasteiger partial charge is 0.234 e. The van der Waals surface area contributed by atoms with E-state index >= 15 is 0 Å². The second kappa shape index (κ2) is 8.62. The molecule has 0 bridgehead atoms. The van der Waals surface area contributed by atoms with Crippen LogP contribution in [-0.4, -0.2) is 24.2 Å². The van der Waals surface area contributed by atoms with Crippen molar-refractivity contribution >= 4 is 28.1 Å². The lowest BCUT2D eigenvalue weighted by Gasteiger charge is -2.16. The van der Waals surface area contributed by atoms with Crippen LogP contribution in [0.3, 0.4) is 0 Å². The molecule has 1 atom stereocenters. The van der Waals surface area contributed by atoms with Crippen molar-refractivity contribution in [1.29, 1.82) is 5.26 Å². The molecule has 0 fully saturated rings. The Hall–Kier alpha value is -3.63. The predicted octanol–water partition coefficient (Wildman–Crippen LogP) is 5.73. The number of fused-ring (bicyclic) bond motifs is 1. The third kappa shape index (κ3) is 4.03. The standard InChI is InChI=1S/C24H22N4O2S/c1-14-7-5-6-8-17(14)16-9-22(31-13-16)15(2)26-24-18-10-20(29-3)21(30-4)11-19(18)27-23(12-25)28-24/h5-11,13,15H,1-4H3,(H,26,27,28)/t15-/m1/s1. The van der Waals surface area contributed by atoms with Crippen molar-refractivity contribution in [3.63, 3.8) is 0 Å². The molecule has 0 aliphatic rings. The van der Waals surface area contributed by atoms with E-state index in [1.165, 1.54) is 21.6 Å². The Morgan fingerprint density at radius 3 is 2.52 bits per heavy atom. The van der Waals surface area contributed by atoms with Crippen LogP contribution in [0.1, 0.15) is 29.2 Å². The number of anilines is 1. The number of ether oxygens (including phenoxy) is 2. The summed E-state index contributed by atoms with van der Waals surface area (Å²) in [5.41, 5.74) is 4.29. The summed E-state index contributed by atoms with van der Waals surface area (Å²) in [6.07, 6.45) is 0. The van der Waals surface area contributed by atoms with E-state index in [4.69, 9.17) is 9.47 Å². The van der Waals surface area contributed by atoms with Gasteiger partial charge in [0.2, 0.25) is 5.82 Å². The number of nitriles is 1. The van der Waals surface area contributed by atoms with Crippen molar-refractivity contribution in [2.45, 2.75) is 19.9 Å². The van der Waals surface area contributed by atoms with Gasteiger partial charge in [0, 0.05) is 16.3 Å². The van der Waals surface area contributed by atoms with Crippen molar-refractivity contribution < 1.29 is 9.47 Å². The van der Waals surface area contributed by atoms with Crippen molar-refractivity contribution in [2.75, 3.05) is 19.5 Å². The molecule has 0 unspecified atom stereocenters. The van der Waals surface area contributed by atoms with Crippen LogP contribution in [0.25, 0.3) is 22.0 Å². The molecule has 0 aliphatic heterocycles. The topological polar surface area (TPSA) is 80.1 Å². The van der Waals surface area contributed by atoms with Gasteiger partial charge in [-0.1, -0.05) is 24.3 Å². The van der Waals surface area contributed by atoms with Crippen LogP contribution in [0.2, 0.25) is 0 Å². The molecule has 0 spiro atoms. The molecule has 0 amide bonds.